The zero-order valence-electron chi connectivity index (χ0n) is 18.7. The summed E-state index contributed by atoms with van der Waals surface area (Å²) < 4.78 is 25.0. The van der Waals surface area contributed by atoms with E-state index in [1.165, 1.54) is 21.9 Å². The Morgan fingerprint density at radius 2 is 2.00 bits per heavy atom. The maximum Gasteiger partial charge on any atom is 0.410 e. The van der Waals surface area contributed by atoms with Crippen molar-refractivity contribution in [1.29, 1.82) is 5.26 Å². The van der Waals surface area contributed by atoms with E-state index in [1.807, 2.05) is 13.0 Å². The molecule has 0 unspecified atom stereocenters. The molecule has 0 bridgehead atoms. The van der Waals surface area contributed by atoms with Crippen LogP contribution < -0.4 is 9.64 Å². The van der Waals surface area contributed by atoms with Crippen LogP contribution in [0.4, 0.5) is 15.0 Å². The Balaban J connectivity index is 2.02. The first-order chi connectivity index (χ1) is 15.2. The van der Waals surface area contributed by atoms with Crippen molar-refractivity contribution in [3.63, 3.8) is 0 Å². The predicted octanol–water partition coefficient (Wildman–Crippen LogP) is 3.89. The number of aromatic nitrogens is 1. The smallest absolute Gasteiger partial charge is 0.410 e. The summed E-state index contributed by atoms with van der Waals surface area (Å²) in [5.41, 5.74) is -0.115. The summed E-state index contributed by atoms with van der Waals surface area (Å²) in [6, 6.07) is 10.9. The van der Waals surface area contributed by atoms with Gasteiger partial charge < -0.3 is 14.4 Å². The minimum Gasteiger partial charge on any atom is -0.473 e. The van der Waals surface area contributed by atoms with Gasteiger partial charge in [0.1, 0.15) is 23.8 Å². The molecule has 1 aromatic carbocycles. The summed E-state index contributed by atoms with van der Waals surface area (Å²) in [6.07, 6.45) is 0.162. The number of pyridine rings is 1. The highest BCUT2D eigenvalue weighted by Gasteiger charge is 2.21. The van der Waals surface area contributed by atoms with Crippen LogP contribution in [0, 0.1) is 17.1 Å². The molecule has 0 aliphatic carbocycles. The van der Waals surface area contributed by atoms with Crippen LogP contribution in [0.2, 0.25) is 0 Å². The number of halogens is 1. The Hall–Kier alpha value is -3.67. The van der Waals surface area contributed by atoms with Crippen molar-refractivity contribution in [2.24, 2.45) is 0 Å². The number of rotatable bonds is 9. The fraction of sp³-hybridized carbons (Fsp3) is 0.391. The van der Waals surface area contributed by atoms with Crippen molar-refractivity contribution in [3.8, 4) is 11.9 Å². The van der Waals surface area contributed by atoms with E-state index in [4.69, 9.17) is 14.7 Å². The van der Waals surface area contributed by atoms with E-state index in [1.54, 1.807) is 39.0 Å². The molecule has 1 heterocycles. The molecule has 0 N–H and O–H groups in total. The van der Waals surface area contributed by atoms with Gasteiger partial charge in [-0.1, -0.05) is 12.1 Å². The fourth-order valence-electron chi connectivity index (χ4n) is 2.68. The van der Waals surface area contributed by atoms with E-state index in [9.17, 15) is 14.0 Å². The van der Waals surface area contributed by atoms with Gasteiger partial charge in [0.25, 0.3) is 0 Å². The molecule has 0 atom stereocenters. The summed E-state index contributed by atoms with van der Waals surface area (Å²) in [7, 11) is 0. The molecule has 2 amide bonds. The van der Waals surface area contributed by atoms with Gasteiger partial charge in [0, 0.05) is 31.3 Å². The Labute approximate surface area is 187 Å². The van der Waals surface area contributed by atoms with Crippen LogP contribution in [0.15, 0.2) is 36.4 Å². The third-order valence-corrected chi connectivity index (χ3v) is 4.33. The highest BCUT2D eigenvalue weighted by molar-refractivity contribution is 5.73. The highest BCUT2D eigenvalue weighted by atomic mass is 19.1. The van der Waals surface area contributed by atoms with Crippen molar-refractivity contribution in [1.82, 2.24) is 9.88 Å². The summed E-state index contributed by atoms with van der Waals surface area (Å²) in [6.45, 7) is 7.99. The summed E-state index contributed by atoms with van der Waals surface area (Å²) in [5.74, 6) is -0.00726. The molecule has 0 saturated carbocycles. The normalized spacial score (nSPS) is 10.8. The van der Waals surface area contributed by atoms with Crippen LogP contribution in [0.3, 0.4) is 0 Å². The number of ether oxygens (including phenoxy) is 2. The van der Waals surface area contributed by atoms with Gasteiger partial charge in [-0.3, -0.25) is 9.69 Å². The summed E-state index contributed by atoms with van der Waals surface area (Å²) in [4.78, 5) is 31.1. The minimum absolute atomic E-state index is 0.0860. The van der Waals surface area contributed by atoms with E-state index >= 15 is 0 Å². The second-order valence-corrected chi connectivity index (χ2v) is 7.90. The third kappa shape index (κ3) is 7.23. The number of nitrogens with zero attached hydrogens (tertiary/aromatic N) is 4. The molecule has 1 aromatic heterocycles. The number of hydrogen-bond acceptors (Lipinski definition) is 6. The number of nitriles is 1. The monoisotopic (exact) mass is 442 g/mol. The van der Waals surface area contributed by atoms with Gasteiger partial charge in [-0.2, -0.15) is 10.2 Å². The SMILES string of the molecule is CCN(CCN(C=O)c1cccc(OCc2ccc(C#N)cc2F)n1)C(=O)OC(C)(C)C. The van der Waals surface area contributed by atoms with Crippen LogP contribution in [0.5, 0.6) is 5.88 Å². The first-order valence-electron chi connectivity index (χ1n) is 10.1. The number of carbonyl (C=O) groups is 2. The van der Waals surface area contributed by atoms with Gasteiger partial charge >= 0.3 is 6.09 Å². The van der Waals surface area contributed by atoms with Crippen LogP contribution in [0.1, 0.15) is 38.8 Å². The first-order valence-corrected chi connectivity index (χ1v) is 10.1. The van der Waals surface area contributed by atoms with Crippen LogP contribution >= 0.6 is 0 Å². The summed E-state index contributed by atoms with van der Waals surface area (Å²) in [5, 5.41) is 8.82. The molecular formula is C23H27FN4O4. The lowest BCUT2D eigenvalue weighted by atomic mass is 10.1. The molecule has 8 nitrogen and oxygen atoms in total. The van der Waals surface area contributed by atoms with Crippen molar-refractivity contribution in [2.75, 3.05) is 24.5 Å². The summed E-state index contributed by atoms with van der Waals surface area (Å²) >= 11 is 0. The van der Waals surface area contributed by atoms with Gasteiger partial charge in [-0.25, -0.2) is 9.18 Å². The number of benzene rings is 1. The zero-order valence-corrected chi connectivity index (χ0v) is 18.7. The lowest BCUT2D eigenvalue weighted by Gasteiger charge is -2.28. The standard InChI is InChI=1S/C23H27FN4O4/c1-5-27(22(30)32-23(2,3)4)11-12-28(16-29)20-7-6-8-21(26-20)31-15-18-10-9-17(14-25)13-19(18)24/h6-10,13,16H,5,11-12,15H2,1-4H3. The maximum absolute atomic E-state index is 14.0. The average molecular weight is 442 g/mol. The molecular weight excluding hydrogens is 415 g/mol. The van der Waals surface area contributed by atoms with Crippen molar-refractivity contribution in [2.45, 2.75) is 39.9 Å². The molecule has 2 aromatic rings. The molecule has 9 heteroatoms. The third-order valence-electron chi connectivity index (χ3n) is 4.33. The molecule has 0 spiro atoms. The van der Waals surface area contributed by atoms with Crippen molar-refractivity contribution >= 4 is 18.3 Å². The molecule has 2 rings (SSSR count). The second kappa shape index (κ2) is 11.1. The van der Waals surface area contributed by atoms with E-state index < -0.39 is 17.5 Å². The van der Waals surface area contributed by atoms with Crippen LogP contribution in [-0.4, -0.2) is 47.6 Å². The topological polar surface area (TPSA) is 95.8 Å². The first kappa shape index (κ1) is 24.6. The van der Waals surface area contributed by atoms with Crippen LogP contribution in [0.25, 0.3) is 0 Å². The lowest BCUT2D eigenvalue weighted by Crippen LogP contribution is -2.41. The lowest BCUT2D eigenvalue weighted by molar-refractivity contribution is -0.107. The van der Waals surface area contributed by atoms with Gasteiger partial charge in [0.15, 0.2) is 0 Å². The number of likely N-dealkylation sites (N-methyl/N-ethyl adjacent to an activating group) is 1. The Bertz CT molecular complexity index is 985. The molecule has 170 valence electrons. The van der Waals surface area contributed by atoms with Crippen molar-refractivity contribution in [3.05, 3.63) is 53.3 Å². The van der Waals surface area contributed by atoms with Gasteiger partial charge in [0.2, 0.25) is 12.3 Å². The number of hydrogen-bond donors (Lipinski definition) is 0. The molecule has 0 aliphatic rings. The van der Waals surface area contributed by atoms with E-state index in [0.717, 1.165) is 6.07 Å². The number of anilines is 1. The number of carbonyl (C=O) groups excluding carboxylic acids is 2. The van der Waals surface area contributed by atoms with E-state index in [0.29, 0.717) is 18.8 Å². The molecule has 0 fully saturated rings. The Morgan fingerprint density at radius 1 is 1.25 bits per heavy atom. The van der Waals surface area contributed by atoms with Gasteiger partial charge in [0.05, 0.1) is 11.6 Å². The van der Waals surface area contributed by atoms with E-state index in [2.05, 4.69) is 4.98 Å². The quantitative estimate of drug-likeness (QED) is 0.547. The predicted molar refractivity (Wildman–Crippen MR) is 117 cm³/mol. The van der Waals surface area contributed by atoms with E-state index in [-0.39, 0.29) is 36.7 Å². The number of amides is 2. The molecule has 32 heavy (non-hydrogen) atoms. The van der Waals surface area contributed by atoms with Crippen LogP contribution in [-0.2, 0) is 16.1 Å². The van der Waals surface area contributed by atoms with Crippen molar-refractivity contribution < 1.29 is 23.5 Å². The minimum atomic E-state index is -0.615. The maximum atomic E-state index is 14.0. The average Bonchev–Trinajstić information content (AvgIpc) is 2.74. The zero-order chi connectivity index (χ0) is 23.7. The molecule has 0 radical (unpaired) electrons. The second-order valence-electron chi connectivity index (χ2n) is 7.90. The fourth-order valence-corrected chi connectivity index (χ4v) is 2.68. The molecule has 0 aliphatic heterocycles. The molecule has 0 saturated heterocycles. The van der Waals surface area contributed by atoms with Gasteiger partial charge in [-0.05, 0) is 45.9 Å². The Morgan fingerprint density at radius 3 is 2.59 bits per heavy atom. The largest absolute Gasteiger partial charge is 0.473 e. The van der Waals surface area contributed by atoms with Gasteiger partial charge in [-0.15, -0.1) is 0 Å². The Kier molecular flexibility index (Phi) is 8.53. The highest BCUT2D eigenvalue weighted by Crippen LogP contribution is 2.18.